The van der Waals surface area contributed by atoms with E-state index in [2.05, 4.69) is 20.9 Å². The van der Waals surface area contributed by atoms with Gasteiger partial charge in [0.25, 0.3) is 11.8 Å². The van der Waals surface area contributed by atoms with Crippen LogP contribution in [0.1, 0.15) is 45.1 Å². The fourth-order valence-corrected chi connectivity index (χ4v) is 3.22. The molecular weight excluding hydrogens is 455 g/mol. The summed E-state index contributed by atoms with van der Waals surface area (Å²) in [6.07, 6.45) is -1.46. The van der Waals surface area contributed by atoms with E-state index in [0.717, 1.165) is 18.2 Å². The summed E-state index contributed by atoms with van der Waals surface area (Å²) >= 11 is 0. The van der Waals surface area contributed by atoms with Crippen LogP contribution in [-0.4, -0.2) is 33.7 Å². The van der Waals surface area contributed by atoms with E-state index in [9.17, 15) is 22.8 Å². The number of carbonyl (C=O) groups excluding carboxylic acids is 2. The Labute approximate surface area is 190 Å². The molecule has 0 fully saturated rings. The molecule has 0 bridgehead atoms. The number of benzene rings is 1. The van der Waals surface area contributed by atoms with Crippen molar-refractivity contribution in [1.29, 1.82) is 0 Å². The van der Waals surface area contributed by atoms with Gasteiger partial charge in [-0.1, -0.05) is 11.2 Å². The Hall–Kier alpha value is -4.35. The van der Waals surface area contributed by atoms with Gasteiger partial charge in [-0.3, -0.25) is 9.59 Å². The summed E-state index contributed by atoms with van der Waals surface area (Å²) in [7, 11) is 1.26. The number of fused-ring (bicyclic) bond motifs is 1. The highest BCUT2D eigenvalue weighted by Crippen LogP contribution is 2.35. The molecule has 1 unspecified atom stereocenters. The highest BCUT2D eigenvalue weighted by Gasteiger charge is 2.31. The van der Waals surface area contributed by atoms with E-state index < -0.39 is 29.6 Å². The summed E-state index contributed by atoms with van der Waals surface area (Å²) in [5.41, 5.74) is 0.0691. The number of hydrogen-bond donors (Lipinski definition) is 2. The number of alkyl halides is 3. The summed E-state index contributed by atoms with van der Waals surface area (Å²) in [4.78, 5) is 25.2. The van der Waals surface area contributed by atoms with Crippen LogP contribution in [0.25, 0.3) is 5.52 Å². The van der Waals surface area contributed by atoms with Crippen LogP contribution in [0.5, 0.6) is 5.75 Å². The minimum Gasteiger partial charge on any atom is -0.495 e. The zero-order chi connectivity index (χ0) is 24.5. The molecule has 0 radical (unpaired) electrons. The molecule has 1 atom stereocenters. The van der Waals surface area contributed by atoms with Crippen LogP contribution >= 0.6 is 0 Å². The van der Waals surface area contributed by atoms with E-state index in [4.69, 9.17) is 9.26 Å². The van der Waals surface area contributed by atoms with E-state index in [0.29, 0.717) is 11.1 Å². The Morgan fingerprint density at radius 2 is 1.94 bits per heavy atom. The number of anilines is 1. The lowest BCUT2D eigenvalue weighted by atomic mass is 10.1. The van der Waals surface area contributed by atoms with Gasteiger partial charge in [-0.2, -0.15) is 18.3 Å². The minimum atomic E-state index is -4.60. The summed E-state index contributed by atoms with van der Waals surface area (Å²) < 4.78 is 50.7. The van der Waals surface area contributed by atoms with Gasteiger partial charge in [0.05, 0.1) is 41.7 Å². The molecule has 0 spiro atoms. The maximum atomic E-state index is 13.0. The summed E-state index contributed by atoms with van der Waals surface area (Å²) in [6, 6.07) is 8.65. The minimum absolute atomic E-state index is 0.0372. The SMILES string of the molecule is COc1ccc(C(F)(F)F)cc1NC(=O)c1cc(C(C)NC(=O)c2cnn3ccccc23)no1. The fraction of sp³-hybridized carbons (Fsp3) is 0.182. The van der Waals surface area contributed by atoms with Crippen LogP contribution in [0, 0.1) is 0 Å². The van der Waals surface area contributed by atoms with E-state index in [-0.39, 0.29) is 22.9 Å². The second kappa shape index (κ2) is 8.89. The number of nitrogens with zero attached hydrogens (tertiary/aromatic N) is 3. The number of hydrogen-bond acceptors (Lipinski definition) is 6. The average molecular weight is 473 g/mol. The maximum absolute atomic E-state index is 13.0. The Morgan fingerprint density at radius 1 is 1.15 bits per heavy atom. The molecule has 0 saturated carbocycles. The quantitative estimate of drug-likeness (QED) is 0.436. The molecule has 3 heterocycles. The van der Waals surface area contributed by atoms with Crippen LogP contribution in [0.3, 0.4) is 0 Å². The van der Waals surface area contributed by atoms with Crippen molar-refractivity contribution in [2.24, 2.45) is 0 Å². The first-order chi connectivity index (χ1) is 16.2. The van der Waals surface area contributed by atoms with Crippen LogP contribution in [0.15, 0.2) is 59.4 Å². The molecule has 12 heteroatoms. The highest BCUT2D eigenvalue weighted by atomic mass is 19.4. The molecule has 0 aliphatic carbocycles. The molecule has 4 aromatic rings. The molecule has 0 aliphatic rings. The molecule has 176 valence electrons. The molecule has 2 amide bonds. The zero-order valence-corrected chi connectivity index (χ0v) is 17.9. The number of halogens is 3. The van der Waals surface area contributed by atoms with Crippen molar-refractivity contribution in [3.8, 4) is 5.75 Å². The lowest BCUT2D eigenvalue weighted by molar-refractivity contribution is -0.137. The van der Waals surface area contributed by atoms with Crippen molar-refractivity contribution in [3.63, 3.8) is 0 Å². The van der Waals surface area contributed by atoms with E-state index in [1.54, 1.807) is 35.8 Å². The van der Waals surface area contributed by atoms with Gasteiger partial charge >= 0.3 is 6.18 Å². The van der Waals surface area contributed by atoms with Gasteiger partial charge in [0.15, 0.2) is 0 Å². The van der Waals surface area contributed by atoms with Gasteiger partial charge in [0.2, 0.25) is 5.76 Å². The molecule has 3 aromatic heterocycles. The first kappa shape index (κ1) is 22.8. The smallest absolute Gasteiger partial charge is 0.416 e. The van der Waals surface area contributed by atoms with E-state index >= 15 is 0 Å². The molecule has 9 nitrogen and oxygen atoms in total. The predicted octanol–water partition coefficient (Wildman–Crippen LogP) is 4.09. The Morgan fingerprint density at radius 3 is 2.68 bits per heavy atom. The second-order valence-corrected chi connectivity index (χ2v) is 7.27. The predicted molar refractivity (Wildman–Crippen MR) is 114 cm³/mol. The molecule has 34 heavy (non-hydrogen) atoms. The average Bonchev–Trinajstić information content (AvgIpc) is 3.46. The summed E-state index contributed by atoms with van der Waals surface area (Å²) in [5.74, 6) is -1.46. The molecule has 1 aromatic carbocycles. The number of amides is 2. The number of rotatable bonds is 6. The summed E-state index contributed by atoms with van der Waals surface area (Å²) in [5, 5.41) is 13.0. The van der Waals surface area contributed by atoms with Crippen LogP contribution in [0.2, 0.25) is 0 Å². The monoisotopic (exact) mass is 473 g/mol. The van der Waals surface area contributed by atoms with Gasteiger partial charge in [-0.05, 0) is 37.3 Å². The first-order valence-electron chi connectivity index (χ1n) is 9.94. The lowest BCUT2D eigenvalue weighted by Gasteiger charge is -2.13. The van der Waals surface area contributed by atoms with Gasteiger partial charge in [0.1, 0.15) is 11.4 Å². The number of carbonyl (C=O) groups is 2. The summed E-state index contributed by atoms with van der Waals surface area (Å²) in [6.45, 7) is 1.64. The van der Waals surface area contributed by atoms with Crippen LogP contribution in [0.4, 0.5) is 18.9 Å². The van der Waals surface area contributed by atoms with Crippen molar-refractivity contribution in [2.75, 3.05) is 12.4 Å². The third-order valence-corrected chi connectivity index (χ3v) is 4.99. The van der Waals surface area contributed by atoms with Crippen molar-refractivity contribution in [2.45, 2.75) is 19.1 Å². The fourth-order valence-electron chi connectivity index (χ4n) is 3.22. The maximum Gasteiger partial charge on any atom is 0.416 e. The van der Waals surface area contributed by atoms with Gasteiger partial charge in [0, 0.05) is 12.3 Å². The van der Waals surface area contributed by atoms with E-state index in [1.807, 2.05) is 0 Å². The first-order valence-corrected chi connectivity index (χ1v) is 9.94. The normalized spacial score (nSPS) is 12.4. The van der Waals surface area contributed by atoms with Crippen molar-refractivity contribution >= 4 is 23.0 Å². The van der Waals surface area contributed by atoms with Crippen molar-refractivity contribution < 1.29 is 32.0 Å². The largest absolute Gasteiger partial charge is 0.495 e. The number of methoxy groups -OCH3 is 1. The van der Waals surface area contributed by atoms with Crippen LogP contribution < -0.4 is 15.4 Å². The van der Waals surface area contributed by atoms with E-state index in [1.165, 1.54) is 19.4 Å². The molecule has 4 rings (SSSR count). The number of aromatic nitrogens is 3. The third kappa shape index (κ3) is 4.56. The van der Waals surface area contributed by atoms with Gasteiger partial charge in [-0.25, -0.2) is 4.52 Å². The highest BCUT2D eigenvalue weighted by molar-refractivity contribution is 6.03. The molecule has 0 saturated heterocycles. The van der Waals surface area contributed by atoms with Crippen molar-refractivity contribution in [3.05, 3.63) is 77.4 Å². The Balaban J connectivity index is 1.47. The molecule has 0 aliphatic heterocycles. The van der Waals surface area contributed by atoms with Crippen molar-refractivity contribution in [1.82, 2.24) is 20.1 Å². The van der Waals surface area contributed by atoms with Gasteiger partial charge in [-0.15, -0.1) is 0 Å². The Bertz CT molecular complexity index is 1360. The molecule has 2 N–H and O–H groups in total. The lowest BCUT2D eigenvalue weighted by Crippen LogP contribution is -2.26. The third-order valence-electron chi connectivity index (χ3n) is 4.99. The second-order valence-electron chi connectivity index (χ2n) is 7.27. The standard InChI is InChI=1S/C22H18F3N5O4/c1-12(27-20(31)14-11-26-30-8-4-3-5-17(14)30)15-10-19(34-29-15)21(32)28-16-9-13(22(23,24)25)6-7-18(16)33-2/h3-12H,1-2H3,(H,27,31)(H,28,32). The Kier molecular flexibility index (Phi) is 5.97. The number of nitrogens with one attached hydrogen (secondary N) is 2. The van der Waals surface area contributed by atoms with Gasteiger partial charge < -0.3 is 19.9 Å². The zero-order valence-electron chi connectivity index (χ0n) is 17.9. The topological polar surface area (TPSA) is 111 Å². The van der Waals surface area contributed by atoms with Crippen LogP contribution in [-0.2, 0) is 6.18 Å². The molecular formula is C22H18F3N5O4. The number of ether oxygens (including phenoxy) is 1. The number of pyridine rings is 1.